The Kier molecular flexibility index (Phi) is 3.68. The molecule has 1 amide bonds. The molecule has 0 saturated carbocycles. The van der Waals surface area contributed by atoms with Crippen molar-refractivity contribution in [1.82, 2.24) is 4.90 Å². The number of carbonyl (C=O) groups is 1. The highest BCUT2D eigenvalue weighted by Gasteiger charge is 2.38. The van der Waals surface area contributed by atoms with Gasteiger partial charge in [0.2, 0.25) is 5.76 Å². The standard InChI is InChI=1S/C12H14BrNO3S/c13-8-1-5-17-11(8)12(15)14-3-6-18-10-7-16-4-2-9(10)14/h1,5,9-10H,2-4,6-7H2/t9-,10-/m1/s1. The van der Waals surface area contributed by atoms with E-state index in [0.29, 0.717) is 11.0 Å². The van der Waals surface area contributed by atoms with Crippen molar-refractivity contribution in [2.45, 2.75) is 17.7 Å². The van der Waals surface area contributed by atoms with Gasteiger partial charge in [-0.2, -0.15) is 11.8 Å². The summed E-state index contributed by atoms with van der Waals surface area (Å²) in [5.74, 6) is 1.37. The molecule has 3 heterocycles. The van der Waals surface area contributed by atoms with E-state index in [9.17, 15) is 4.79 Å². The summed E-state index contributed by atoms with van der Waals surface area (Å²) >= 11 is 5.26. The van der Waals surface area contributed by atoms with E-state index in [4.69, 9.17) is 9.15 Å². The van der Waals surface area contributed by atoms with Crippen molar-refractivity contribution in [3.63, 3.8) is 0 Å². The van der Waals surface area contributed by atoms with Crippen LogP contribution < -0.4 is 0 Å². The lowest BCUT2D eigenvalue weighted by atomic mass is 10.1. The first-order chi connectivity index (χ1) is 8.77. The molecule has 2 aliphatic rings. The van der Waals surface area contributed by atoms with Crippen molar-refractivity contribution in [1.29, 1.82) is 0 Å². The quantitative estimate of drug-likeness (QED) is 0.792. The number of carbonyl (C=O) groups excluding carboxylic acids is 1. The predicted molar refractivity (Wildman–Crippen MR) is 72.9 cm³/mol. The third-order valence-electron chi connectivity index (χ3n) is 3.41. The summed E-state index contributed by atoms with van der Waals surface area (Å²) in [4.78, 5) is 14.4. The zero-order chi connectivity index (χ0) is 12.5. The molecule has 0 bridgehead atoms. The maximum atomic E-state index is 12.5. The highest BCUT2D eigenvalue weighted by atomic mass is 79.9. The second-order valence-corrected chi connectivity index (χ2v) is 6.64. The second kappa shape index (κ2) is 5.27. The maximum Gasteiger partial charge on any atom is 0.291 e. The summed E-state index contributed by atoms with van der Waals surface area (Å²) in [6.45, 7) is 2.28. The Labute approximate surface area is 118 Å². The van der Waals surface area contributed by atoms with E-state index in [-0.39, 0.29) is 11.9 Å². The lowest BCUT2D eigenvalue weighted by molar-refractivity contribution is 0.0300. The third kappa shape index (κ3) is 2.21. The SMILES string of the molecule is O=C(c1occc1Br)N1CCS[C@@H]2COCC[C@H]21. The number of hydrogen-bond acceptors (Lipinski definition) is 4. The van der Waals surface area contributed by atoms with E-state index in [0.717, 1.165) is 36.4 Å². The molecular weight excluding hydrogens is 318 g/mol. The van der Waals surface area contributed by atoms with Crippen LogP contribution in [-0.4, -0.2) is 47.6 Å². The molecule has 0 radical (unpaired) electrons. The first-order valence-corrected chi connectivity index (χ1v) is 7.85. The fourth-order valence-electron chi connectivity index (χ4n) is 2.51. The van der Waals surface area contributed by atoms with Gasteiger partial charge in [0.25, 0.3) is 5.91 Å². The molecule has 3 rings (SSSR count). The Morgan fingerprint density at radius 1 is 1.56 bits per heavy atom. The molecule has 0 aliphatic carbocycles. The number of hydrogen-bond donors (Lipinski definition) is 0. The molecule has 2 saturated heterocycles. The number of halogens is 1. The third-order valence-corrected chi connectivity index (χ3v) is 5.33. The first-order valence-electron chi connectivity index (χ1n) is 6.00. The molecule has 6 heteroatoms. The lowest BCUT2D eigenvalue weighted by Gasteiger charge is -2.43. The molecule has 0 N–H and O–H groups in total. The minimum Gasteiger partial charge on any atom is -0.458 e. The molecule has 2 aliphatic heterocycles. The minimum atomic E-state index is -0.0101. The van der Waals surface area contributed by atoms with Gasteiger partial charge in [0.15, 0.2) is 0 Å². The van der Waals surface area contributed by atoms with Crippen LogP contribution in [-0.2, 0) is 4.74 Å². The number of amides is 1. The topological polar surface area (TPSA) is 42.7 Å². The Hall–Kier alpha value is -0.460. The zero-order valence-corrected chi connectivity index (χ0v) is 12.2. The van der Waals surface area contributed by atoms with Crippen molar-refractivity contribution in [2.24, 2.45) is 0 Å². The number of nitrogens with zero attached hydrogens (tertiary/aromatic N) is 1. The van der Waals surface area contributed by atoms with E-state index in [2.05, 4.69) is 15.9 Å². The van der Waals surface area contributed by atoms with Gasteiger partial charge in [0, 0.05) is 30.2 Å². The minimum absolute atomic E-state index is 0.0101. The van der Waals surface area contributed by atoms with Gasteiger partial charge in [-0.25, -0.2) is 0 Å². The van der Waals surface area contributed by atoms with Gasteiger partial charge < -0.3 is 14.1 Å². The van der Waals surface area contributed by atoms with Crippen LogP contribution in [0.5, 0.6) is 0 Å². The Bertz CT molecular complexity index is 448. The smallest absolute Gasteiger partial charge is 0.291 e. The number of rotatable bonds is 1. The molecule has 98 valence electrons. The Morgan fingerprint density at radius 2 is 2.44 bits per heavy atom. The largest absolute Gasteiger partial charge is 0.458 e. The molecule has 18 heavy (non-hydrogen) atoms. The average Bonchev–Trinajstić information content (AvgIpc) is 2.83. The Morgan fingerprint density at radius 3 is 3.22 bits per heavy atom. The first kappa shape index (κ1) is 12.6. The van der Waals surface area contributed by atoms with Crippen LogP contribution in [0.25, 0.3) is 0 Å². The van der Waals surface area contributed by atoms with E-state index in [1.165, 1.54) is 6.26 Å². The van der Waals surface area contributed by atoms with Crippen LogP contribution in [0.4, 0.5) is 0 Å². The van der Waals surface area contributed by atoms with Gasteiger partial charge in [0.1, 0.15) is 0 Å². The van der Waals surface area contributed by atoms with Crippen LogP contribution in [0, 0.1) is 0 Å². The summed E-state index contributed by atoms with van der Waals surface area (Å²) in [7, 11) is 0. The molecule has 1 aromatic heterocycles. The van der Waals surface area contributed by atoms with Crippen molar-refractivity contribution >= 4 is 33.6 Å². The van der Waals surface area contributed by atoms with Crippen LogP contribution in [0.1, 0.15) is 17.0 Å². The second-order valence-electron chi connectivity index (χ2n) is 4.44. The van der Waals surface area contributed by atoms with Gasteiger partial charge in [-0.05, 0) is 28.4 Å². The lowest BCUT2D eigenvalue weighted by Crippen LogP contribution is -2.54. The summed E-state index contributed by atoms with van der Waals surface area (Å²) in [5, 5.41) is 0.408. The molecule has 4 nitrogen and oxygen atoms in total. The zero-order valence-electron chi connectivity index (χ0n) is 9.80. The monoisotopic (exact) mass is 331 g/mol. The van der Waals surface area contributed by atoms with Gasteiger partial charge >= 0.3 is 0 Å². The predicted octanol–water partition coefficient (Wildman–Crippen LogP) is 2.39. The van der Waals surface area contributed by atoms with Crippen LogP contribution in [0.3, 0.4) is 0 Å². The van der Waals surface area contributed by atoms with Crippen molar-refractivity contribution in [2.75, 3.05) is 25.5 Å². The fourth-order valence-corrected chi connectivity index (χ4v) is 4.19. The molecule has 2 atom stereocenters. The van der Waals surface area contributed by atoms with Crippen molar-refractivity contribution in [3.05, 3.63) is 22.6 Å². The number of thioether (sulfide) groups is 1. The highest BCUT2D eigenvalue weighted by molar-refractivity contribution is 9.10. The summed E-state index contributed by atoms with van der Waals surface area (Å²) in [5.41, 5.74) is 0. The van der Waals surface area contributed by atoms with E-state index in [1.807, 2.05) is 16.7 Å². The van der Waals surface area contributed by atoms with Crippen molar-refractivity contribution < 1.29 is 13.9 Å². The fraction of sp³-hybridized carbons (Fsp3) is 0.583. The number of furan rings is 1. The Balaban J connectivity index is 1.82. The summed E-state index contributed by atoms with van der Waals surface area (Å²) < 4.78 is 11.5. The van der Waals surface area contributed by atoms with E-state index >= 15 is 0 Å². The van der Waals surface area contributed by atoms with Crippen molar-refractivity contribution in [3.8, 4) is 0 Å². The van der Waals surface area contributed by atoms with Crippen LogP contribution >= 0.6 is 27.7 Å². The maximum absolute atomic E-state index is 12.5. The normalized spacial score (nSPS) is 27.9. The molecule has 2 fully saturated rings. The molecule has 1 aromatic rings. The molecular formula is C12H14BrNO3S. The summed E-state index contributed by atoms with van der Waals surface area (Å²) in [6, 6.07) is 2.04. The molecule has 0 unspecified atom stereocenters. The highest BCUT2D eigenvalue weighted by Crippen LogP contribution is 2.32. The molecule has 0 aromatic carbocycles. The number of fused-ring (bicyclic) bond motifs is 1. The van der Waals surface area contributed by atoms with Crippen LogP contribution in [0.2, 0.25) is 0 Å². The van der Waals surface area contributed by atoms with Gasteiger partial charge in [-0.15, -0.1) is 0 Å². The number of ether oxygens (including phenoxy) is 1. The van der Waals surface area contributed by atoms with Gasteiger partial charge in [-0.1, -0.05) is 0 Å². The van der Waals surface area contributed by atoms with Gasteiger partial charge in [-0.3, -0.25) is 4.79 Å². The summed E-state index contributed by atoms with van der Waals surface area (Å²) in [6.07, 6.45) is 2.46. The van der Waals surface area contributed by atoms with Crippen LogP contribution in [0.15, 0.2) is 21.2 Å². The van der Waals surface area contributed by atoms with E-state index in [1.54, 1.807) is 6.07 Å². The van der Waals surface area contributed by atoms with E-state index < -0.39 is 0 Å². The van der Waals surface area contributed by atoms with Gasteiger partial charge in [0.05, 0.1) is 17.3 Å². The average molecular weight is 332 g/mol. The molecule has 0 spiro atoms.